The standard InChI is InChI=1S/C21H23N5O3/c1-28-18-4-3-15(11-19(18)29-2)25-21(27)14-5-9-26(10-6-14)16-12-17-20(24-13-16)23-8-7-22-17/h3-4,7-8,11-14H,5-6,9-10H2,1-2H3,(H,25,27). The number of methoxy groups -OCH3 is 2. The van der Waals surface area contributed by atoms with Gasteiger partial charge in [0.15, 0.2) is 17.1 Å². The van der Waals surface area contributed by atoms with Crippen LogP contribution in [0.15, 0.2) is 42.9 Å². The fourth-order valence-corrected chi connectivity index (χ4v) is 3.58. The minimum atomic E-state index is -0.0347. The summed E-state index contributed by atoms with van der Waals surface area (Å²) in [5, 5.41) is 2.99. The summed E-state index contributed by atoms with van der Waals surface area (Å²) in [7, 11) is 3.16. The van der Waals surface area contributed by atoms with Crippen LogP contribution < -0.4 is 19.7 Å². The summed E-state index contributed by atoms with van der Waals surface area (Å²) in [4.78, 5) is 27.8. The van der Waals surface area contributed by atoms with Crippen LogP contribution in [0.25, 0.3) is 11.2 Å². The van der Waals surface area contributed by atoms with Crippen molar-refractivity contribution >= 4 is 28.4 Å². The number of pyridine rings is 1. The Morgan fingerprint density at radius 1 is 1.03 bits per heavy atom. The Labute approximate surface area is 168 Å². The van der Waals surface area contributed by atoms with Crippen LogP contribution in [-0.2, 0) is 4.79 Å². The van der Waals surface area contributed by atoms with E-state index in [0.717, 1.165) is 37.1 Å². The van der Waals surface area contributed by atoms with Gasteiger partial charge in [-0.3, -0.25) is 9.78 Å². The summed E-state index contributed by atoms with van der Waals surface area (Å²) in [6, 6.07) is 7.37. The Morgan fingerprint density at radius 2 is 1.79 bits per heavy atom. The van der Waals surface area contributed by atoms with E-state index in [9.17, 15) is 4.79 Å². The van der Waals surface area contributed by atoms with E-state index in [2.05, 4.69) is 25.2 Å². The Morgan fingerprint density at radius 3 is 2.55 bits per heavy atom. The van der Waals surface area contributed by atoms with Gasteiger partial charge in [-0.05, 0) is 31.0 Å². The molecule has 3 heterocycles. The van der Waals surface area contributed by atoms with Gasteiger partial charge in [0.2, 0.25) is 5.91 Å². The molecule has 1 aliphatic heterocycles. The van der Waals surface area contributed by atoms with Gasteiger partial charge in [0.25, 0.3) is 0 Å². The molecule has 0 atom stereocenters. The number of piperidine rings is 1. The first kappa shape index (κ1) is 18.9. The summed E-state index contributed by atoms with van der Waals surface area (Å²) >= 11 is 0. The average molecular weight is 393 g/mol. The van der Waals surface area contributed by atoms with Gasteiger partial charge in [-0.1, -0.05) is 0 Å². The zero-order valence-corrected chi connectivity index (χ0v) is 16.5. The third-order valence-electron chi connectivity index (χ3n) is 5.19. The highest BCUT2D eigenvalue weighted by atomic mass is 16.5. The third-order valence-corrected chi connectivity index (χ3v) is 5.19. The smallest absolute Gasteiger partial charge is 0.227 e. The zero-order chi connectivity index (χ0) is 20.2. The molecule has 0 aliphatic carbocycles. The van der Waals surface area contributed by atoms with Crippen molar-refractivity contribution in [1.82, 2.24) is 15.0 Å². The first-order chi connectivity index (χ1) is 14.2. The lowest BCUT2D eigenvalue weighted by molar-refractivity contribution is -0.120. The molecule has 0 unspecified atom stereocenters. The van der Waals surface area contributed by atoms with Crippen LogP contribution in [0.2, 0.25) is 0 Å². The van der Waals surface area contributed by atoms with E-state index in [1.807, 2.05) is 18.3 Å². The Balaban J connectivity index is 1.38. The number of fused-ring (bicyclic) bond motifs is 1. The van der Waals surface area contributed by atoms with Gasteiger partial charge < -0.3 is 19.7 Å². The van der Waals surface area contributed by atoms with Gasteiger partial charge in [-0.15, -0.1) is 0 Å². The maximum absolute atomic E-state index is 12.7. The molecule has 0 saturated carbocycles. The molecular formula is C21H23N5O3. The van der Waals surface area contributed by atoms with Crippen molar-refractivity contribution in [3.63, 3.8) is 0 Å². The lowest BCUT2D eigenvalue weighted by atomic mass is 9.95. The van der Waals surface area contributed by atoms with Gasteiger partial charge in [-0.25, -0.2) is 9.97 Å². The molecule has 0 radical (unpaired) electrons. The van der Waals surface area contributed by atoms with Crippen molar-refractivity contribution in [2.75, 3.05) is 37.5 Å². The largest absolute Gasteiger partial charge is 0.493 e. The number of rotatable bonds is 5. The lowest BCUT2D eigenvalue weighted by Crippen LogP contribution is -2.38. The fraction of sp³-hybridized carbons (Fsp3) is 0.333. The number of hydrogen-bond acceptors (Lipinski definition) is 7. The highest BCUT2D eigenvalue weighted by molar-refractivity contribution is 5.93. The van der Waals surface area contributed by atoms with Crippen molar-refractivity contribution < 1.29 is 14.3 Å². The zero-order valence-electron chi connectivity index (χ0n) is 16.5. The molecule has 1 aliphatic rings. The molecule has 0 spiro atoms. The molecular weight excluding hydrogens is 370 g/mol. The SMILES string of the molecule is COc1ccc(NC(=O)C2CCN(c3cnc4nccnc4c3)CC2)cc1OC. The Kier molecular flexibility index (Phi) is 5.41. The molecule has 1 N–H and O–H groups in total. The predicted molar refractivity (Wildman–Crippen MR) is 110 cm³/mol. The number of ether oxygens (including phenoxy) is 2. The van der Waals surface area contributed by atoms with E-state index < -0.39 is 0 Å². The number of nitrogens with one attached hydrogen (secondary N) is 1. The molecule has 1 fully saturated rings. The summed E-state index contributed by atoms with van der Waals surface area (Å²) in [6.07, 6.45) is 6.67. The molecule has 8 nitrogen and oxygen atoms in total. The molecule has 29 heavy (non-hydrogen) atoms. The normalized spacial score (nSPS) is 14.6. The first-order valence-electron chi connectivity index (χ1n) is 9.52. The number of nitrogens with zero attached hydrogens (tertiary/aromatic N) is 4. The van der Waals surface area contributed by atoms with Crippen LogP contribution in [-0.4, -0.2) is 48.2 Å². The van der Waals surface area contributed by atoms with Crippen LogP contribution in [0.1, 0.15) is 12.8 Å². The highest BCUT2D eigenvalue weighted by Crippen LogP contribution is 2.31. The topological polar surface area (TPSA) is 89.5 Å². The van der Waals surface area contributed by atoms with Crippen LogP contribution in [0.4, 0.5) is 11.4 Å². The van der Waals surface area contributed by atoms with Gasteiger partial charge in [-0.2, -0.15) is 0 Å². The van der Waals surface area contributed by atoms with E-state index in [-0.39, 0.29) is 11.8 Å². The second-order valence-electron chi connectivity index (χ2n) is 6.91. The average Bonchev–Trinajstić information content (AvgIpc) is 2.78. The van der Waals surface area contributed by atoms with Gasteiger partial charge in [0.05, 0.1) is 26.1 Å². The third kappa shape index (κ3) is 4.06. The summed E-state index contributed by atoms with van der Waals surface area (Å²) < 4.78 is 10.5. The molecule has 0 bridgehead atoms. The van der Waals surface area contributed by atoms with Gasteiger partial charge in [0, 0.05) is 43.2 Å². The van der Waals surface area contributed by atoms with Crippen LogP contribution in [0.3, 0.4) is 0 Å². The molecule has 8 heteroatoms. The first-order valence-corrected chi connectivity index (χ1v) is 9.52. The second kappa shape index (κ2) is 8.30. The summed E-state index contributed by atoms with van der Waals surface area (Å²) in [5.41, 5.74) is 3.13. The van der Waals surface area contributed by atoms with E-state index in [0.29, 0.717) is 22.8 Å². The van der Waals surface area contributed by atoms with Crippen molar-refractivity contribution in [2.45, 2.75) is 12.8 Å². The van der Waals surface area contributed by atoms with E-state index in [1.54, 1.807) is 38.7 Å². The molecule has 1 saturated heterocycles. The van der Waals surface area contributed by atoms with Crippen molar-refractivity contribution in [1.29, 1.82) is 0 Å². The minimum absolute atomic E-state index is 0.0272. The maximum Gasteiger partial charge on any atom is 0.227 e. The molecule has 150 valence electrons. The number of amides is 1. The molecule has 2 aromatic heterocycles. The number of anilines is 2. The lowest BCUT2D eigenvalue weighted by Gasteiger charge is -2.32. The minimum Gasteiger partial charge on any atom is -0.493 e. The second-order valence-corrected chi connectivity index (χ2v) is 6.91. The Bertz CT molecular complexity index is 1020. The van der Waals surface area contributed by atoms with Crippen LogP contribution in [0.5, 0.6) is 11.5 Å². The van der Waals surface area contributed by atoms with Crippen LogP contribution >= 0.6 is 0 Å². The summed E-state index contributed by atoms with van der Waals surface area (Å²) in [5.74, 6) is 1.21. The number of aromatic nitrogens is 3. The van der Waals surface area contributed by atoms with E-state index >= 15 is 0 Å². The molecule has 1 amide bonds. The van der Waals surface area contributed by atoms with Crippen LogP contribution in [0, 0.1) is 5.92 Å². The van der Waals surface area contributed by atoms with Gasteiger partial charge >= 0.3 is 0 Å². The predicted octanol–water partition coefficient (Wildman–Crippen LogP) is 2.90. The van der Waals surface area contributed by atoms with E-state index in [4.69, 9.17) is 9.47 Å². The number of hydrogen-bond donors (Lipinski definition) is 1. The maximum atomic E-state index is 12.7. The number of benzene rings is 1. The number of carbonyl (C=O) groups excluding carboxylic acids is 1. The molecule has 4 rings (SSSR count). The highest BCUT2D eigenvalue weighted by Gasteiger charge is 2.25. The monoisotopic (exact) mass is 393 g/mol. The van der Waals surface area contributed by atoms with Gasteiger partial charge in [0.1, 0.15) is 5.52 Å². The fourth-order valence-electron chi connectivity index (χ4n) is 3.58. The van der Waals surface area contributed by atoms with Crippen molar-refractivity contribution in [3.05, 3.63) is 42.9 Å². The number of carbonyl (C=O) groups is 1. The molecule has 3 aromatic rings. The van der Waals surface area contributed by atoms with E-state index in [1.165, 1.54) is 0 Å². The van der Waals surface area contributed by atoms with Crippen molar-refractivity contribution in [3.8, 4) is 11.5 Å². The quantitative estimate of drug-likeness (QED) is 0.713. The summed E-state index contributed by atoms with van der Waals surface area (Å²) in [6.45, 7) is 1.58. The molecule has 1 aromatic carbocycles. The Hall–Kier alpha value is -3.42. The van der Waals surface area contributed by atoms with Crippen molar-refractivity contribution in [2.24, 2.45) is 5.92 Å².